The third kappa shape index (κ3) is 5.48. The van der Waals surface area contributed by atoms with Gasteiger partial charge in [0.1, 0.15) is 0 Å². The predicted molar refractivity (Wildman–Crippen MR) is 108 cm³/mol. The Bertz CT molecular complexity index is 921. The fourth-order valence-corrected chi connectivity index (χ4v) is 3.18. The van der Waals surface area contributed by atoms with Crippen molar-refractivity contribution in [3.8, 4) is 10.8 Å². The molecule has 2 aromatic heterocycles. The zero-order valence-electron chi connectivity index (χ0n) is 15.6. The zero-order valence-corrected chi connectivity index (χ0v) is 16.5. The van der Waals surface area contributed by atoms with Gasteiger partial charge in [0.05, 0.1) is 18.0 Å². The van der Waals surface area contributed by atoms with Crippen molar-refractivity contribution in [2.45, 2.75) is 20.4 Å². The quantitative estimate of drug-likeness (QED) is 0.603. The summed E-state index contributed by atoms with van der Waals surface area (Å²) in [6.45, 7) is 4.66. The first-order valence-electron chi connectivity index (χ1n) is 8.79. The average Bonchev–Trinajstić information content (AvgIpc) is 3.34. The number of aromatic nitrogens is 2. The Kier molecular flexibility index (Phi) is 6.51. The second kappa shape index (κ2) is 9.25. The summed E-state index contributed by atoms with van der Waals surface area (Å²) in [6.07, 6.45) is 0. The van der Waals surface area contributed by atoms with E-state index in [0.29, 0.717) is 36.2 Å². The third-order valence-corrected chi connectivity index (χ3v) is 4.72. The molecule has 0 unspecified atom stereocenters. The molecular formula is C19H21N5O3S. The number of nitrogens with one attached hydrogen (secondary N) is 2. The van der Waals surface area contributed by atoms with Crippen LogP contribution >= 0.6 is 11.3 Å². The van der Waals surface area contributed by atoms with Crippen LogP contribution in [0.25, 0.3) is 10.8 Å². The Morgan fingerprint density at radius 2 is 1.82 bits per heavy atom. The Hall–Kier alpha value is -3.04. The molecule has 2 amide bonds. The number of likely N-dealkylation sites (N-methyl/N-ethyl adjacent to an activating group) is 1. The van der Waals surface area contributed by atoms with Crippen LogP contribution in [-0.2, 0) is 16.1 Å². The van der Waals surface area contributed by atoms with E-state index in [0.717, 1.165) is 4.88 Å². The normalized spacial score (nSPS) is 10.8. The van der Waals surface area contributed by atoms with E-state index in [4.69, 9.17) is 4.42 Å². The number of hydrogen-bond acceptors (Lipinski definition) is 7. The molecule has 0 aliphatic carbocycles. The van der Waals surface area contributed by atoms with Gasteiger partial charge in [0, 0.05) is 18.3 Å². The molecule has 3 aromatic rings. The molecule has 2 N–H and O–H groups in total. The maximum atomic E-state index is 12.3. The van der Waals surface area contributed by atoms with E-state index in [1.807, 2.05) is 29.3 Å². The highest BCUT2D eigenvalue weighted by atomic mass is 32.1. The van der Waals surface area contributed by atoms with Crippen molar-refractivity contribution in [2.75, 3.05) is 23.7 Å². The molecule has 0 atom stereocenters. The van der Waals surface area contributed by atoms with Crippen LogP contribution < -0.4 is 10.6 Å². The highest BCUT2D eigenvalue weighted by molar-refractivity contribution is 7.13. The SMILES string of the molecule is CCN(CC(=O)Nc1ccc(NC(C)=O)cc1)Cc1nnc(-c2cccs2)o1. The minimum Gasteiger partial charge on any atom is -0.419 e. The van der Waals surface area contributed by atoms with E-state index in [-0.39, 0.29) is 18.4 Å². The van der Waals surface area contributed by atoms with Gasteiger partial charge in [-0.2, -0.15) is 0 Å². The van der Waals surface area contributed by atoms with Crippen LogP contribution in [0.4, 0.5) is 11.4 Å². The van der Waals surface area contributed by atoms with E-state index < -0.39 is 0 Å². The molecule has 28 heavy (non-hydrogen) atoms. The topological polar surface area (TPSA) is 100 Å². The number of nitrogens with zero attached hydrogens (tertiary/aromatic N) is 3. The molecule has 3 rings (SSSR count). The second-order valence-electron chi connectivity index (χ2n) is 6.09. The number of amides is 2. The summed E-state index contributed by atoms with van der Waals surface area (Å²) in [5.74, 6) is 0.674. The van der Waals surface area contributed by atoms with Crippen LogP contribution in [0.15, 0.2) is 46.2 Å². The van der Waals surface area contributed by atoms with Crippen molar-refractivity contribution in [2.24, 2.45) is 0 Å². The fourth-order valence-electron chi connectivity index (χ4n) is 2.53. The van der Waals surface area contributed by atoms with Gasteiger partial charge < -0.3 is 15.1 Å². The van der Waals surface area contributed by atoms with Gasteiger partial charge in [0.25, 0.3) is 5.89 Å². The van der Waals surface area contributed by atoms with Gasteiger partial charge in [0.15, 0.2) is 0 Å². The standard InChI is InChI=1S/C19H21N5O3S/c1-3-24(12-18-22-23-19(27-18)16-5-4-10-28-16)11-17(26)21-15-8-6-14(7-9-15)20-13(2)25/h4-10H,3,11-12H2,1-2H3,(H,20,25)(H,21,26). The molecule has 0 saturated heterocycles. The van der Waals surface area contributed by atoms with Crippen LogP contribution in [0.2, 0.25) is 0 Å². The molecular weight excluding hydrogens is 378 g/mol. The lowest BCUT2D eigenvalue weighted by molar-refractivity contribution is -0.117. The van der Waals surface area contributed by atoms with Crippen LogP contribution in [0.1, 0.15) is 19.7 Å². The Balaban J connectivity index is 1.54. The second-order valence-corrected chi connectivity index (χ2v) is 7.04. The minimum atomic E-state index is -0.146. The number of carbonyl (C=O) groups excluding carboxylic acids is 2. The number of rotatable bonds is 8. The summed E-state index contributed by atoms with van der Waals surface area (Å²) in [7, 11) is 0. The summed E-state index contributed by atoms with van der Waals surface area (Å²) in [6, 6.07) is 10.8. The molecule has 9 heteroatoms. The molecule has 0 radical (unpaired) electrons. The lowest BCUT2D eigenvalue weighted by atomic mass is 10.2. The van der Waals surface area contributed by atoms with E-state index in [2.05, 4.69) is 20.8 Å². The lowest BCUT2D eigenvalue weighted by Crippen LogP contribution is -2.32. The predicted octanol–water partition coefficient (Wildman–Crippen LogP) is 3.22. The average molecular weight is 399 g/mol. The largest absolute Gasteiger partial charge is 0.419 e. The van der Waals surface area contributed by atoms with Crippen LogP contribution in [-0.4, -0.2) is 40.0 Å². The Labute approximate surface area is 166 Å². The van der Waals surface area contributed by atoms with Gasteiger partial charge in [-0.1, -0.05) is 13.0 Å². The lowest BCUT2D eigenvalue weighted by Gasteiger charge is -2.17. The maximum absolute atomic E-state index is 12.3. The summed E-state index contributed by atoms with van der Waals surface area (Å²) >= 11 is 1.53. The van der Waals surface area contributed by atoms with E-state index >= 15 is 0 Å². The molecule has 2 heterocycles. The van der Waals surface area contributed by atoms with Crippen molar-refractivity contribution in [1.82, 2.24) is 15.1 Å². The monoisotopic (exact) mass is 399 g/mol. The zero-order chi connectivity index (χ0) is 19.9. The van der Waals surface area contributed by atoms with Crippen molar-refractivity contribution in [3.63, 3.8) is 0 Å². The van der Waals surface area contributed by atoms with Crippen LogP contribution in [0, 0.1) is 0 Å². The number of anilines is 2. The first kappa shape index (κ1) is 19.7. The van der Waals surface area contributed by atoms with Gasteiger partial charge >= 0.3 is 0 Å². The maximum Gasteiger partial charge on any atom is 0.257 e. The molecule has 0 bridgehead atoms. The van der Waals surface area contributed by atoms with E-state index in [1.54, 1.807) is 24.3 Å². The first-order chi connectivity index (χ1) is 13.5. The molecule has 1 aromatic carbocycles. The van der Waals surface area contributed by atoms with Gasteiger partial charge in [-0.05, 0) is 42.3 Å². The van der Waals surface area contributed by atoms with E-state index in [9.17, 15) is 9.59 Å². The highest BCUT2D eigenvalue weighted by Crippen LogP contribution is 2.23. The smallest absolute Gasteiger partial charge is 0.257 e. The molecule has 8 nitrogen and oxygen atoms in total. The third-order valence-electron chi connectivity index (χ3n) is 3.86. The van der Waals surface area contributed by atoms with E-state index in [1.165, 1.54) is 18.3 Å². The fraction of sp³-hybridized carbons (Fsp3) is 0.263. The first-order valence-corrected chi connectivity index (χ1v) is 9.67. The van der Waals surface area contributed by atoms with Gasteiger partial charge in [-0.15, -0.1) is 21.5 Å². The highest BCUT2D eigenvalue weighted by Gasteiger charge is 2.15. The summed E-state index contributed by atoms with van der Waals surface area (Å²) in [4.78, 5) is 26.2. The number of benzene rings is 1. The Morgan fingerprint density at radius 3 is 2.43 bits per heavy atom. The van der Waals surface area contributed by atoms with Crippen molar-refractivity contribution < 1.29 is 14.0 Å². The van der Waals surface area contributed by atoms with Gasteiger partial charge in [-0.25, -0.2) is 0 Å². The number of carbonyl (C=O) groups is 2. The van der Waals surface area contributed by atoms with Crippen molar-refractivity contribution in [3.05, 3.63) is 47.7 Å². The summed E-state index contributed by atoms with van der Waals surface area (Å²) < 4.78 is 5.69. The molecule has 146 valence electrons. The minimum absolute atomic E-state index is 0.140. The van der Waals surface area contributed by atoms with Crippen LogP contribution in [0.5, 0.6) is 0 Å². The van der Waals surface area contributed by atoms with Crippen LogP contribution in [0.3, 0.4) is 0 Å². The molecule has 0 spiro atoms. The number of thiophene rings is 1. The molecule has 0 fully saturated rings. The molecule has 0 aliphatic heterocycles. The van der Waals surface area contributed by atoms with Gasteiger partial charge in [-0.3, -0.25) is 14.5 Å². The molecule has 0 saturated carbocycles. The van der Waals surface area contributed by atoms with Crippen molar-refractivity contribution >= 4 is 34.5 Å². The summed E-state index contributed by atoms with van der Waals surface area (Å²) in [5.41, 5.74) is 1.34. The number of hydrogen-bond donors (Lipinski definition) is 2. The van der Waals surface area contributed by atoms with Crippen molar-refractivity contribution in [1.29, 1.82) is 0 Å². The molecule has 0 aliphatic rings. The summed E-state index contributed by atoms with van der Waals surface area (Å²) in [5, 5.41) is 15.6. The Morgan fingerprint density at radius 1 is 1.11 bits per heavy atom. The van der Waals surface area contributed by atoms with Gasteiger partial charge in [0.2, 0.25) is 17.7 Å².